The number of rotatable bonds is 8. The summed E-state index contributed by atoms with van der Waals surface area (Å²) in [6.07, 6.45) is 1.43. The summed E-state index contributed by atoms with van der Waals surface area (Å²) in [6, 6.07) is 3.60. The van der Waals surface area contributed by atoms with E-state index in [2.05, 4.69) is 15.5 Å². The Morgan fingerprint density at radius 1 is 1.34 bits per heavy atom. The number of methoxy groups -OCH3 is 2. The normalized spacial score (nSPS) is 12.2. The van der Waals surface area contributed by atoms with Crippen molar-refractivity contribution in [1.82, 2.24) is 10.1 Å². The van der Waals surface area contributed by atoms with Gasteiger partial charge in [-0.1, -0.05) is 5.16 Å². The summed E-state index contributed by atoms with van der Waals surface area (Å²) in [6.45, 7) is 6.06. The molecule has 0 aliphatic carbocycles. The number of anilines is 2. The molecule has 156 valence electrons. The van der Waals surface area contributed by atoms with Gasteiger partial charge in [-0.15, -0.1) is 0 Å². The minimum absolute atomic E-state index is 0.0872. The highest BCUT2D eigenvalue weighted by molar-refractivity contribution is 14.1. The standard InChI is InChI=1S/C19H22IN4O5/c1-10(9-27-4)22-19-13-7-17(28-5)14(18-11(2)23-29-12(18)3)6-15(13)21-8-16(19)24(26)20-25/h6-8,10H,9H2,1-5H3,(H,21,22)/q-1/t10-/m0/s1. The smallest absolute Gasteiger partial charge is 0.262 e. The van der Waals surface area contributed by atoms with Crippen LogP contribution < -0.4 is 13.3 Å². The molecule has 0 bridgehead atoms. The van der Waals surface area contributed by atoms with Gasteiger partial charge in [-0.05, 0) is 32.9 Å². The summed E-state index contributed by atoms with van der Waals surface area (Å²) in [7, 11) is 3.18. The Kier molecular flexibility index (Phi) is 6.65. The lowest BCUT2D eigenvalue weighted by molar-refractivity contribution is 0.190. The third kappa shape index (κ3) is 4.19. The van der Waals surface area contributed by atoms with Crippen LogP contribution in [0, 0.1) is 19.1 Å². The number of nitrogens with zero attached hydrogens (tertiary/aromatic N) is 3. The molecule has 2 heterocycles. The molecule has 29 heavy (non-hydrogen) atoms. The topological polar surface area (TPSA) is 113 Å². The van der Waals surface area contributed by atoms with Crippen LogP contribution in [-0.2, 0) is 7.81 Å². The van der Waals surface area contributed by atoms with Crippen LogP contribution in [0.15, 0.2) is 22.9 Å². The number of benzene rings is 1. The highest BCUT2D eigenvalue weighted by Crippen LogP contribution is 2.42. The summed E-state index contributed by atoms with van der Waals surface area (Å²) in [5.74, 6) is 1.26. The number of aromatic nitrogens is 2. The molecule has 0 radical (unpaired) electrons. The van der Waals surface area contributed by atoms with Gasteiger partial charge in [-0.25, -0.2) is 3.07 Å². The van der Waals surface area contributed by atoms with E-state index in [9.17, 15) is 8.28 Å². The number of hydrogen-bond donors (Lipinski definition) is 1. The van der Waals surface area contributed by atoms with Crippen molar-refractivity contribution in [3.05, 3.63) is 35.0 Å². The second-order valence-corrected chi connectivity index (χ2v) is 7.87. The number of aryl methyl sites for hydroxylation is 2. The van der Waals surface area contributed by atoms with E-state index >= 15 is 0 Å². The van der Waals surface area contributed by atoms with Gasteiger partial charge in [0.2, 0.25) is 0 Å². The fraction of sp³-hybridized carbons (Fsp3) is 0.368. The number of ether oxygens (including phenoxy) is 2. The second kappa shape index (κ2) is 9.01. The van der Waals surface area contributed by atoms with Gasteiger partial charge in [-0.3, -0.25) is 4.98 Å². The van der Waals surface area contributed by atoms with Gasteiger partial charge in [0.15, 0.2) is 0 Å². The van der Waals surface area contributed by atoms with Crippen molar-refractivity contribution in [3.63, 3.8) is 0 Å². The molecule has 3 aromatic rings. The third-order valence-electron chi connectivity index (χ3n) is 4.53. The minimum Gasteiger partial charge on any atom is -0.747 e. The largest absolute Gasteiger partial charge is 0.747 e. The summed E-state index contributed by atoms with van der Waals surface area (Å²) < 4.78 is 27.9. The van der Waals surface area contributed by atoms with E-state index in [0.717, 1.165) is 16.8 Å². The lowest BCUT2D eigenvalue weighted by atomic mass is 10.00. The first-order valence-electron chi connectivity index (χ1n) is 8.85. The van der Waals surface area contributed by atoms with Gasteiger partial charge in [0.05, 0.1) is 48.1 Å². The van der Waals surface area contributed by atoms with Crippen LogP contribution in [0.5, 0.6) is 5.75 Å². The van der Waals surface area contributed by atoms with Crippen LogP contribution in [0.2, 0.25) is 0 Å². The first kappa shape index (κ1) is 21.4. The number of fused-ring (bicyclic) bond motifs is 1. The monoisotopic (exact) mass is 513 g/mol. The number of halogens is 1. The molecule has 1 N–H and O–H groups in total. The maximum Gasteiger partial charge on any atom is 0.262 e. The van der Waals surface area contributed by atoms with Crippen molar-refractivity contribution < 1.29 is 17.1 Å². The average molecular weight is 513 g/mol. The fourth-order valence-electron chi connectivity index (χ4n) is 3.30. The van der Waals surface area contributed by atoms with Crippen molar-refractivity contribution >= 4 is 43.7 Å². The van der Waals surface area contributed by atoms with Crippen LogP contribution in [0.4, 0.5) is 11.4 Å². The Hall–Kier alpha value is -2.31. The molecule has 0 aliphatic rings. The van der Waals surface area contributed by atoms with Gasteiger partial charge >= 0.3 is 0 Å². The number of pyridine rings is 1. The van der Waals surface area contributed by atoms with Crippen LogP contribution in [0.25, 0.3) is 22.0 Å². The summed E-state index contributed by atoms with van der Waals surface area (Å²) in [5.41, 5.74) is 3.78. The molecule has 9 nitrogen and oxygen atoms in total. The quantitative estimate of drug-likeness (QED) is 0.264. The summed E-state index contributed by atoms with van der Waals surface area (Å²) in [4.78, 5) is 4.43. The SMILES string of the molecule is COC[C@H](C)Nc1c(N([O-])I=O)cnc2cc(-c3c(C)noc3C)c(OC)cc12. The zero-order valence-electron chi connectivity index (χ0n) is 16.8. The molecule has 0 saturated heterocycles. The molecule has 1 aromatic carbocycles. The van der Waals surface area contributed by atoms with Crippen LogP contribution in [0.1, 0.15) is 18.4 Å². The Morgan fingerprint density at radius 2 is 2.10 bits per heavy atom. The molecule has 2 aromatic heterocycles. The predicted octanol–water partition coefficient (Wildman–Crippen LogP) is 4.50. The van der Waals surface area contributed by atoms with E-state index in [-0.39, 0.29) is 11.7 Å². The van der Waals surface area contributed by atoms with Crippen LogP contribution >= 0.6 is 21.5 Å². The van der Waals surface area contributed by atoms with Gasteiger partial charge in [-0.2, -0.15) is 0 Å². The molecule has 0 saturated carbocycles. The average Bonchev–Trinajstić information content (AvgIpc) is 3.04. The van der Waals surface area contributed by atoms with E-state index in [1.165, 1.54) is 6.20 Å². The number of hydrogen-bond acceptors (Lipinski definition) is 8. The van der Waals surface area contributed by atoms with E-state index in [1.54, 1.807) is 14.2 Å². The molecule has 0 unspecified atom stereocenters. The molecule has 0 spiro atoms. The second-order valence-electron chi connectivity index (χ2n) is 6.60. The van der Waals surface area contributed by atoms with E-state index in [4.69, 9.17) is 14.0 Å². The molecular weight excluding hydrogens is 491 g/mol. The van der Waals surface area contributed by atoms with Gasteiger partial charge in [0.25, 0.3) is 21.5 Å². The third-order valence-corrected chi connectivity index (χ3v) is 5.41. The molecule has 0 amide bonds. The van der Waals surface area contributed by atoms with Crippen molar-refractivity contribution in [2.75, 3.05) is 29.4 Å². The van der Waals surface area contributed by atoms with Crippen molar-refractivity contribution in [2.24, 2.45) is 0 Å². The Labute approximate surface area is 178 Å². The van der Waals surface area contributed by atoms with Crippen molar-refractivity contribution in [3.8, 4) is 16.9 Å². The van der Waals surface area contributed by atoms with E-state index in [0.29, 0.717) is 38.0 Å². The Morgan fingerprint density at radius 3 is 2.69 bits per heavy atom. The minimum atomic E-state index is -1.93. The van der Waals surface area contributed by atoms with Crippen molar-refractivity contribution in [2.45, 2.75) is 26.8 Å². The predicted molar refractivity (Wildman–Crippen MR) is 119 cm³/mol. The molecule has 10 heteroatoms. The van der Waals surface area contributed by atoms with E-state index < -0.39 is 21.5 Å². The van der Waals surface area contributed by atoms with Gasteiger partial charge < -0.3 is 27.8 Å². The molecule has 0 aliphatic heterocycles. The first-order chi connectivity index (χ1) is 13.9. The zero-order chi connectivity index (χ0) is 21.1. The highest BCUT2D eigenvalue weighted by Gasteiger charge is 2.20. The highest BCUT2D eigenvalue weighted by atomic mass is 127. The molecule has 0 fully saturated rings. The lowest BCUT2D eigenvalue weighted by Gasteiger charge is -2.27. The number of nitrogens with one attached hydrogen (secondary N) is 1. The molecular formula is C19H22IN4O5-. The van der Waals surface area contributed by atoms with Crippen LogP contribution in [0.3, 0.4) is 0 Å². The van der Waals surface area contributed by atoms with Gasteiger partial charge in [0, 0.05) is 24.1 Å². The summed E-state index contributed by atoms with van der Waals surface area (Å²) in [5, 5.41) is 20.2. The first-order valence-corrected chi connectivity index (χ1v) is 10.7. The van der Waals surface area contributed by atoms with E-state index in [1.807, 2.05) is 32.9 Å². The lowest BCUT2D eigenvalue weighted by Crippen LogP contribution is -2.22. The summed E-state index contributed by atoms with van der Waals surface area (Å²) >= 11 is -1.93. The maximum absolute atomic E-state index is 12.2. The fourth-order valence-corrected chi connectivity index (χ4v) is 3.88. The van der Waals surface area contributed by atoms with Crippen LogP contribution in [-0.4, -0.2) is 37.0 Å². The maximum atomic E-state index is 12.2. The Bertz CT molecular complexity index is 1020. The van der Waals surface area contributed by atoms with Crippen molar-refractivity contribution in [1.29, 1.82) is 0 Å². The zero-order valence-corrected chi connectivity index (χ0v) is 18.9. The molecule has 3 rings (SSSR count). The van der Waals surface area contributed by atoms with Gasteiger partial charge in [0.1, 0.15) is 11.5 Å². The molecule has 1 atom stereocenters. The Balaban J connectivity index is 2.26.